The van der Waals surface area contributed by atoms with Crippen LogP contribution in [0.3, 0.4) is 0 Å². The molecule has 0 N–H and O–H groups in total. The summed E-state index contributed by atoms with van der Waals surface area (Å²) in [5.41, 5.74) is 14.1. The zero-order valence-corrected chi connectivity index (χ0v) is 22.7. The molecule has 1 nitrogen and oxygen atoms in total. The molecule has 0 amide bonds. The first-order chi connectivity index (χ1) is 19.6. The second-order valence-electron chi connectivity index (χ2n) is 11.4. The predicted octanol–water partition coefficient (Wildman–Crippen LogP) is 10.4. The van der Waals surface area contributed by atoms with Crippen molar-refractivity contribution < 1.29 is 0 Å². The molecule has 0 bridgehead atoms. The maximum atomic E-state index is 2.50. The number of benzene rings is 6. The smallest absolute Gasteiger partial charge is 0.0588 e. The van der Waals surface area contributed by atoms with Crippen LogP contribution in [0.25, 0.3) is 60.9 Å². The minimum Gasteiger partial charge on any atom is -0.309 e. The number of hydrogen-bond donors (Lipinski definition) is 0. The fourth-order valence-electron chi connectivity index (χ4n) is 6.91. The van der Waals surface area contributed by atoms with Crippen LogP contribution in [0.2, 0.25) is 0 Å². The van der Waals surface area contributed by atoms with E-state index in [1.54, 1.807) is 0 Å². The number of rotatable bonds is 3. The third-order valence-electron chi connectivity index (χ3n) is 8.76. The van der Waals surface area contributed by atoms with Gasteiger partial charge in [-0.1, -0.05) is 129 Å². The van der Waals surface area contributed by atoms with Crippen LogP contribution >= 0.6 is 0 Å². The first-order valence-corrected chi connectivity index (χ1v) is 14.0. The lowest BCUT2D eigenvalue weighted by Crippen LogP contribution is -2.16. The molecule has 1 aromatic heterocycles. The van der Waals surface area contributed by atoms with Crippen molar-refractivity contribution in [2.75, 3.05) is 0 Å². The van der Waals surface area contributed by atoms with E-state index in [4.69, 9.17) is 0 Å². The molecule has 0 aliphatic heterocycles. The van der Waals surface area contributed by atoms with Crippen LogP contribution in [-0.2, 0) is 5.41 Å². The Labute approximate surface area is 235 Å². The normalized spacial score (nSPS) is 13.4. The first-order valence-electron chi connectivity index (χ1n) is 14.0. The van der Waals surface area contributed by atoms with Crippen molar-refractivity contribution in [1.82, 2.24) is 4.57 Å². The third kappa shape index (κ3) is 3.28. The summed E-state index contributed by atoms with van der Waals surface area (Å²) in [6.07, 6.45) is 0. The Bertz CT molecular complexity index is 2070. The second-order valence-corrected chi connectivity index (χ2v) is 11.4. The third-order valence-corrected chi connectivity index (χ3v) is 8.76. The summed E-state index contributed by atoms with van der Waals surface area (Å²) >= 11 is 0. The van der Waals surface area contributed by atoms with E-state index in [2.05, 4.69) is 158 Å². The highest BCUT2D eigenvalue weighted by atomic mass is 15.0. The number of nitrogens with zero attached hydrogens (tertiary/aromatic N) is 1. The van der Waals surface area contributed by atoms with E-state index in [1.165, 1.54) is 72.0 Å². The maximum Gasteiger partial charge on any atom is 0.0588 e. The number of aromatic nitrogens is 1. The minimum absolute atomic E-state index is 0.0980. The molecule has 8 rings (SSSR count). The summed E-state index contributed by atoms with van der Waals surface area (Å²) in [5.74, 6) is 0. The van der Waals surface area contributed by atoms with E-state index in [1.807, 2.05) is 0 Å². The summed E-state index contributed by atoms with van der Waals surface area (Å²) < 4.78 is 2.50. The van der Waals surface area contributed by atoms with Crippen molar-refractivity contribution in [2.45, 2.75) is 19.3 Å². The van der Waals surface area contributed by atoms with Crippen molar-refractivity contribution >= 4 is 21.8 Å². The molecule has 0 unspecified atom stereocenters. The van der Waals surface area contributed by atoms with Crippen molar-refractivity contribution in [3.8, 4) is 39.1 Å². The molecule has 0 saturated carbocycles. The number of hydrogen-bond acceptors (Lipinski definition) is 0. The van der Waals surface area contributed by atoms with Gasteiger partial charge in [0.2, 0.25) is 0 Å². The van der Waals surface area contributed by atoms with Crippen LogP contribution in [-0.4, -0.2) is 4.57 Å². The Hall–Kier alpha value is -4.88. The molecule has 0 radical (unpaired) electrons. The van der Waals surface area contributed by atoms with E-state index in [9.17, 15) is 0 Å². The van der Waals surface area contributed by atoms with Crippen molar-refractivity contribution in [3.63, 3.8) is 0 Å². The van der Waals surface area contributed by atoms with E-state index in [0.717, 1.165) is 0 Å². The van der Waals surface area contributed by atoms with Crippen molar-refractivity contribution in [3.05, 3.63) is 151 Å². The van der Waals surface area contributed by atoms with Gasteiger partial charge in [-0.05, 0) is 68.8 Å². The van der Waals surface area contributed by atoms with Crippen LogP contribution in [0.1, 0.15) is 25.0 Å². The summed E-state index contributed by atoms with van der Waals surface area (Å²) in [5, 5.41) is 2.61. The highest BCUT2D eigenvalue weighted by Crippen LogP contribution is 2.52. The first kappa shape index (κ1) is 23.0. The van der Waals surface area contributed by atoms with Crippen LogP contribution in [0, 0.1) is 0 Å². The average molecular weight is 512 g/mol. The molecule has 1 aliphatic rings. The predicted molar refractivity (Wildman–Crippen MR) is 169 cm³/mol. The molecule has 0 spiro atoms. The van der Waals surface area contributed by atoms with Crippen LogP contribution in [0.4, 0.5) is 0 Å². The van der Waals surface area contributed by atoms with Gasteiger partial charge in [-0.2, -0.15) is 0 Å². The summed E-state index contributed by atoms with van der Waals surface area (Å²) in [7, 11) is 0. The zero-order chi connectivity index (χ0) is 26.8. The Kier molecular flexibility index (Phi) is 4.93. The van der Waals surface area contributed by atoms with Crippen LogP contribution < -0.4 is 0 Å². The molecule has 0 fully saturated rings. The van der Waals surface area contributed by atoms with Gasteiger partial charge in [0, 0.05) is 21.9 Å². The highest BCUT2D eigenvalue weighted by Gasteiger charge is 2.38. The van der Waals surface area contributed by atoms with Gasteiger partial charge in [-0.25, -0.2) is 0 Å². The van der Waals surface area contributed by atoms with E-state index in [0.29, 0.717) is 0 Å². The van der Waals surface area contributed by atoms with Gasteiger partial charge in [-0.15, -0.1) is 0 Å². The molecular weight excluding hydrogens is 482 g/mol. The van der Waals surface area contributed by atoms with Crippen molar-refractivity contribution in [1.29, 1.82) is 0 Å². The maximum absolute atomic E-state index is 2.50. The Morgan fingerprint density at radius 1 is 0.475 bits per heavy atom. The molecule has 6 aromatic carbocycles. The van der Waals surface area contributed by atoms with Crippen LogP contribution in [0.15, 0.2) is 140 Å². The van der Waals surface area contributed by atoms with Gasteiger partial charge < -0.3 is 4.57 Å². The Morgan fingerprint density at radius 3 is 1.98 bits per heavy atom. The van der Waals surface area contributed by atoms with E-state index >= 15 is 0 Å². The monoisotopic (exact) mass is 511 g/mol. The largest absolute Gasteiger partial charge is 0.309 e. The summed E-state index contributed by atoms with van der Waals surface area (Å²) in [4.78, 5) is 0. The number of para-hydroxylation sites is 1. The van der Waals surface area contributed by atoms with E-state index in [-0.39, 0.29) is 5.41 Å². The second kappa shape index (κ2) is 8.56. The highest BCUT2D eigenvalue weighted by molar-refractivity contribution is 6.13. The number of fused-ring (bicyclic) bond motifs is 7. The van der Waals surface area contributed by atoms with Gasteiger partial charge in [0.25, 0.3) is 0 Å². The zero-order valence-electron chi connectivity index (χ0n) is 22.7. The lowest BCUT2D eigenvalue weighted by Gasteiger charge is -2.23. The standard InChI is InChI=1S/C39H29N/c1-39(2)35-20-8-6-18-31(35)33-22-23-34-32-19-7-9-21-36(32)40(38(34)37(33)39)30-17-11-16-29(25-30)28-15-10-14-27(24-28)26-12-4-3-5-13-26/h3-25H,1-2H3. The summed E-state index contributed by atoms with van der Waals surface area (Å²) in [6.45, 7) is 4.76. The van der Waals surface area contributed by atoms with Gasteiger partial charge in [0.1, 0.15) is 0 Å². The molecule has 7 aromatic rings. The van der Waals surface area contributed by atoms with Gasteiger partial charge in [0.05, 0.1) is 11.0 Å². The van der Waals surface area contributed by atoms with Gasteiger partial charge in [0.15, 0.2) is 0 Å². The van der Waals surface area contributed by atoms with Crippen molar-refractivity contribution in [2.24, 2.45) is 0 Å². The lowest BCUT2D eigenvalue weighted by atomic mass is 9.81. The summed E-state index contributed by atoms with van der Waals surface area (Å²) in [6, 6.07) is 51.0. The molecule has 40 heavy (non-hydrogen) atoms. The van der Waals surface area contributed by atoms with Gasteiger partial charge >= 0.3 is 0 Å². The molecule has 1 heteroatoms. The molecule has 1 heterocycles. The molecule has 1 aliphatic carbocycles. The fourth-order valence-corrected chi connectivity index (χ4v) is 6.91. The molecule has 0 saturated heterocycles. The molecular formula is C39H29N. The fraction of sp³-hybridized carbons (Fsp3) is 0.0769. The quantitative estimate of drug-likeness (QED) is 0.222. The SMILES string of the molecule is CC1(C)c2ccccc2-c2ccc3c4ccccc4n(-c4cccc(-c5cccc(-c6ccccc6)c5)c4)c3c21. The van der Waals surface area contributed by atoms with E-state index < -0.39 is 0 Å². The lowest BCUT2D eigenvalue weighted by molar-refractivity contribution is 0.664. The molecule has 0 atom stereocenters. The Balaban J connectivity index is 1.39. The van der Waals surface area contributed by atoms with Gasteiger partial charge in [-0.3, -0.25) is 0 Å². The average Bonchev–Trinajstić information content (AvgIpc) is 3.47. The minimum atomic E-state index is -0.0980. The molecule has 190 valence electrons. The topological polar surface area (TPSA) is 4.93 Å². The Morgan fingerprint density at radius 2 is 1.12 bits per heavy atom. The van der Waals surface area contributed by atoms with Crippen LogP contribution in [0.5, 0.6) is 0 Å².